The van der Waals surface area contributed by atoms with Gasteiger partial charge >= 0.3 is 0 Å². The molecule has 1 amide bonds. The van der Waals surface area contributed by atoms with E-state index < -0.39 is 0 Å². The summed E-state index contributed by atoms with van der Waals surface area (Å²) < 4.78 is 14.9. The molecule has 30 heavy (non-hydrogen) atoms. The second-order valence-electron chi connectivity index (χ2n) is 7.83. The molecule has 3 heterocycles. The van der Waals surface area contributed by atoms with Crippen LogP contribution in [-0.2, 0) is 24.8 Å². The molecular weight excluding hydrogens is 401 g/mol. The van der Waals surface area contributed by atoms with Crippen LogP contribution in [0.25, 0.3) is 10.6 Å². The van der Waals surface area contributed by atoms with Crippen molar-refractivity contribution in [2.75, 3.05) is 13.1 Å². The number of thiazole rings is 1. The quantitative estimate of drug-likeness (QED) is 0.656. The predicted molar refractivity (Wildman–Crippen MR) is 116 cm³/mol. The molecule has 6 nitrogen and oxygen atoms in total. The summed E-state index contributed by atoms with van der Waals surface area (Å²) in [5.74, 6) is -0.287. The number of benzene rings is 1. The molecule has 0 radical (unpaired) electrons. The van der Waals surface area contributed by atoms with Gasteiger partial charge in [-0.1, -0.05) is 12.1 Å². The zero-order valence-electron chi connectivity index (χ0n) is 17.3. The standard InChI is InChI=1S/C22H26FN5OS/c1-15-22(30-14-24-15)20-12-19(27(2)26-20)13-28-9-7-18(8-10-28)25-21(29)11-16-3-5-17(23)6-4-16/h3-6,12,14,18H,7-11,13H2,1-2H3,(H,25,29). The number of nitrogens with zero attached hydrogens (tertiary/aromatic N) is 4. The molecule has 1 saturated heterocycles. The van der Waals surface area contributed by atoms with E-state index in [2.05, 4.69) is 26.4 Å². The van der Waals surface area contributed by atoms with Crippen molar-refractivity contribution in [3.8, 4) is 10.6 Å². The van der Waals surface area contributed by atoms with Crippen molar-refractivity contribution in [3.63, 3.8) is 0 Å². The Hall–Kier alpha value is -2.58. The van der Waals surface area contributed by atoms with Gasteiger partial charge in [-0.05, 0) is 43.5 Å². The highest BCUT2D eigenvalue weighted by Gasteiger charge is 2.22. The number of amides is 1. The van der Waals surface area contributed by atoms with Crippen LogP contribution >= 0.6 is 11.3 Å². The normalized spacial score (nSPS) is 15.4. The van der Waals surface area contributed by atoms with Gasteiger partial charge in [0.15, 0.2) is 0 Å². The summed E-state index contributed by atoms with van der Waals surface area (Å²) in [6, 6.07) is 8.44. The van der Waals surface area contributed by atoms with Gasteiger partial charge in [-0.2, -0.15) is 5.10 Å². The van der Waals surface area contributed by atoms with Crippen molar-refractivity contribution in [3.05, 3.63) is 58.6 Å². The lowest BCUT2D eigenvalue weighted by molar-refractivity contribution is -0.121. The molecule has 1 aromatic carbocycles. The Morgan fingerprint density at radius 3 is 2.67 bits per heavy atom. The molecule has 3 aromatic rings. The van der Waals surface area contributed by atoms with Gasteiger partial charge in [-0.15, -0.1) is 11.3 Å². The van der Waals surface area contributed by atoms with Crippen molar-refractivity contribution >= 4 is 17.2 Å². The maximum atomic E-state index is 13.0. The largest absolute Gasteiger partial charge is 0.353 e. The number of hydrogen-bond acceptors (Lipinski definition) is 5. The van der Waals surface area contributed by atoms with Gasteiger partial charge in [0.1, 0.15) is 11.5 Å². The SMILES string of the molecule is Cc1ncsc1-c1cc(CN2CCC(NC(=O)Cc3ccc(F)cc3)CC2)n(C)n1. The Kier molecular flexibility index (Phi) is 6.24. The molecule has 0 bridgehead atoms. The van der Waals surface area contributed by atoms with Crippen LogP contribution in [0.4, 0.5) is 4.39 Å². The van der Waals surface area contributed by atoms with Crippen LogP contribution in [0.2, 0.25) is 0 Å². The Bertz CT molecular complexity index is 1000. The van der Waals surface area contributed by atoms with Crippen LogP contribution < -0.4 is 5.32 Å². The van der Waals surface area contributed by atoms with E-state index >= 15 is 0 Å². The van der Waals surface area contributed by atoms with E-state index in [1.54, 1.807) is 23.5 Å². The third-order valence-electron chi connectivity index (χ3n) is 5.57. The lowest BCUT2D eigenvalue weighted by Crippen LogP contribution is -2.44. The third kappa shape index (κ3) is 4.94. The van der Waals surface area contributed by atoms with E-state index in [0.717, 1.165) is 54.3 Å². The van der Waals surface area contributed by atoms with Crippen molar-refractivity contribution in [2.24, 2.45) is 7.05 Å². The highest BCUT2D eigenvalue weighted by Crippen LogP contribution is 2.27. The lowest BCUT2D eigenvalue weighted by Gasteiger charge is -2.32. The van der Waals surface area contributed by atoms with Gasteiger partial charge in [0, 0.05) is 32.7 Å². The number of rotatable bonds is 6. The molecule has 1 aliphatic heterocycles. The smallest absolute Gasteiger partial charge is 0.224 e. The number of hydrogen-bond donors (Lipinski definition) is 1. The molecule has 0 atom stereocenters. The molecule has 0 aliphatic carbocycles. The number of halogens is 1. The minimum Gasteiger partial charge on any atom is -0.353 e. The molecule has 4 rings (SSSR count). The minimum absolute atomic E-state index is 0.00346. The molecule has 8 heteroatoms. The van der Waals surface area contributed by atoms with Crippen molar-refractivity contribution < 1.29 is 9.18 Å². The third-order valence-corrected chi connectivity index (χ3v) is 6.52. The zero-order valence-corrected chi connectivity index (χ0v) is 18.1. The van der Waals surface area contributed by atoms with Gasteiger partial charge in [-0.3, -0.25) is 14.4 Å². The minimum atomic E-state index is -0.283. The fourth-order valence-corrected chi connectivity index (χ4v) is 4.60. The van der Waals surface area contributed by atoms with Crippen LogP contribution in [0.5, 0.6) is 0 Å². The molecule has 0 saturated carbocycles. The molecule has 1 fully saturated rings. The van der Waals surface area contributed by atoms with Crippen LogP contribution in [0.1, 0.15) is 29.8 Å². The molecule has 0 unspecified atom stereocenters. The number of aryl methyl sites for hydroxylation is 2. The van der Waals surface area contributed by atoms with Crippen LogP contribution in [0.15, 0.2) is 35.8 Å². The van der Waals surface area contributed by atoms with Crippen molar-refractivity contribution in [1.82, 2.24) is 25.0 Å². The second kappa shape index (κ2) is 9.06. The first-order valence-corrected chi connectivity index (χ1v) is 11.1. The Morgan fingerprint density at radius 2 is 2.00 bits per heavy atom. The van der Waals surface area contributed by atoms with Crippen LogP contribution in [0.3, 0.4) is 0 Å². The van der Waals surface area contributed by atoms with E-state index in [4.69, 9.17) is 0 Å². The van der Waals surface area contributed by atoms with Crippen LogP contribution in [0, 0.1) is 12.7 Å². The molecule has 158 valence electrons. The molecule has 1 N–H and O–H groups in total. The summed E-state index contributed by atoms with van der Waals surface area (Å²) in [4.78, 5) is 20.1. The number of carbonyl (C=O) groups is 1. The maximum Gasteiger partial charge on any atom is 0.224 e. The number of carbonyl (C=O) groups excluding carboxylic acids is 1. The van der Waals surface area contributed by atoms with Gasteiger partial charge in [0.05, 0.1) is 28.2 Å². The molecule has 2 aromatic heterocycles. The van der Waals surface area contributed by atoms with E-state index in [0.29, 0.717) is 0 Å². The number of piperidine rings is 1. The van der Waals surface area contributed by atoms with E-state index in [1.165, 1.54) is 17.8 Å². The second-order valence-corrected chi connectivity index (χ2v) is 8.69. The Morgan fingerprint density at radius 1 is 1.27 bits per heavy atom. The first-order valence-electron chi connectivity index (χ1n) is 10.2. The first kappa shape index (κ1) is 20.7. The van der Waals surface area contributed by atoms with Gasteiger partial charge in [0.25, 0.3) is 0 Å². The summed E-state index contributed by atoms with van der Waals surface area (Å²) in [7, 11) is 1.98. The summed E-state index contributed by atoms with van der Waals surface area (Å²) in [5, 5.41) is 7.78. The lowest BCUT2D eigenvalue weighted by atomic mass is 10.0. The highest BCUT2D eigenvalue weighted by atomic mass is 32.1. The van der Waals surface area contributed by atoms with E-state index in [1.807, 2.05) is 24.2 Å². The van der Waals surface area contributed by atoms with Crippen molar-refractivity contribution in [1.29, 1.82) is 0 Å². The summed E-state index contributed by atoms with van der Waals surface area (Å²) in [5.41, 5.74) is 5.86. The summed E-state index contributed by atoms with van der Waals surface area (Å²) in [6.45, 7) is 4.72. The Labute approximate surface area is 179 Å². The topological polar surface area (TPSA) is 63.1 Å². The van der Waals surface area contributed by atoms with Gasteiger partial charge < -0.3 is 5.32 Å². The summed E-state index contributed by atoms with van der Waals surface area (Å²) in [6.07, 6.45) is 2.14. The van der Waals surface area contributed by atoms with Gasteiger partial charge in [0.2, 0.25) is 5.91 Å². The average Bonchev–Trinajstić information content (AvgIpc) is 3.30. The summed E-state index contributed by atoms with van der Waals surface area (Å²) >= 11 is 1.62. The van der Waals surface area contributed by atoms with Gasteiger partial charge in [-0.25, -0.2) is 9.37 Å². The monoisotopic (exact) mass is 427 g/mol. The zero-order chi connectivity index (χ0) is 21.1. The predicted octanol–water partition coefficient (Wildman–Crippen LogP) is 3.31. The van der Waals surface area contributed by atoms with E-state index in [-0.39, 0.29) is 24.2 Å². The fourth-order valence-electron chi connectivity index (χ4n) is 3.84. The highest BCUT2D eigenvalue weighted by molar-refractivity contribution is 7.13. The number of likely N-dealkylation sites (tertiary alicyclic amines) is 1. The average molecular weight is 428 g/mol. The fraction of sp³-hybridized carbons (Fsp3) is 0.409. The maximum absolute atomic E-state index is 13.0. The molecule has 0 spiro atoms. The number of nitrogens with one attached hydrogen (secondary N) is 1. The first-order chi connectivity index (χ1) is 14.5. The van der Waals surface area contributed by atoms with Crippen LogP contribution in [-0.4, -0.2) is 44.7 Å². The van der Waals surface area contributed by atoms with E-state index in [9.17, 15) is 9.18 Å². The molecular formula is C22H26FN5OS. The number of aromatic nitrogens is 3. The van der Waals surface area contributed by atoms with Crippen molar-refractivity contribution in [2.45, 2.75) is 38.8 Å². The Balaban J connectivity index is 1.27. The molecule has 1 aliphatic rings.